The number of aromatic amines is 1. The molecule has 0 aromatic carbocycles. The minimum atomic E-state index is -0.419. The summed E-state index contributed by atoms with van der Waals surface area (Å²) in [7, 11) is 0. The van der Waals surface area contributed by atoms with Crippen LogP contribution in [0, 0.1) is 5.92 Å². The van der Waals surface area contributed by atoms with Crippen LogP contribution in [0.15, 0.2) is 0 Å². The number of nitrogens with zero attached hydrogens (tertiary/aromatic N) is 1. The highest BCUT2D eigenvalue weighted by Crippen LogP contribution is 2.22. The van der Waals surface area contributed by atoms with Gasteiger partial charge in [-0.2, -0.15) is 5.10 Å². The molecule has 1 heterocycles. The van der Waals surface area contributed by atoms with Gasteiger partial charge in [0.2, 0.25) is 5.91 Å². The lowest BCUT2D eigenvalue weighted by Crippen LogP contribution is -2.41. The molecular formula is C13H22N4O. The highest BCUT2D eigenvalue weighted by molar-refractivity contribution is 5.81. The molecule has 1 atom stereocenters. The Morgan fingerprint density at radius 2 is 2.28 bits per heavy atom. The van der Waals surface area contributed by atoms with E-state index in [1.807, 2.05) is 0 Å². The molecule has 5 nitrogen and oxygen atoms in total. The van der Waals surface area contributed by atoms with Crippen molar-refractivity contribution in [3.63, 3.8) is 0 Å². The van der Waals surface area contributed by atoms with Crippen LogP contribution in [-0.4, -0.2) is 22.1 Å². The van der Waals surface area contributed by atoms with Crippen LogP contribution in [0.4, 0.5) is 0 Å². The first-order valence-electron chi connectivity index (χ1n) is 6.66. The second kappa shape index (κ2) is 5.52. The molecule has 18 heavy (non-hydrogen) atoms. The number of carbonyl (C=O) groups is 1. The smallest absolute Gasteiger partial charge is 0.237 e. The van der Waals surface area contributed by atoms with Gasteiger partial charge in [-0.15, -0.1) is 0 Å². The van der Waals surface area contributed by atoms with E-state index in [0.29, 0.717) is 18.9 Å². The van der Waals surface area contributed by atoms with Crippen LogP contribution >= 0.6 is 0 Å². The SMILES string of the molecule is CC(C)C[C@@H](N)C(=O)NCc1n[nH]c2c1CCC2. The zero-order valence-electron chi connectivity index (χ0n) is 11.1. The van der Waals surface area contributed by atoms with Crippen LogP contribution < -0.4 is 11.1 Å². The van der Waals surface area contributed by atoms with Gasteiger partial charge in [-0.1, -0.05) is 13.8 Å². The maximum Gasteiger partial charge on any atom is 0.237 e. The molecule has 0 radical (unpaired) electrons. The summed E-state index contributed by atoms with van der Waals surface area (Å²) in [6, 6.07) is -0.419. The minimum absolute atomic E-state index is 0.0848. The van der Waals surface area contributed by atoms with Gasteiger partial charge in [0.15, 0.2) is 0 Å². The van der Waals surface area contributed by atoms with Crippen molar-refractivity contribution in [2.45, 2.75) is 52.1 Å². The third kappa shape index (κ3) is 2.90. The molecule has 100 valence electrons. The second-order valence-electron chi connectivity index (χ2n) is 5.43. The summed E-state index contributed by atoms with van der Waals surface area (Å²) in [6.07, 6.45) is 4.03. The van der Waals surface area contributed by atoms with Crippen molar-refractivity contribution in [3.05, 3.63) is 17.0 Å². The quantitative estimate of drug-likeness (QED) is 0.725. The van der Waals surface area contributed by atoms with Crippen molar-refractivity contribution >= 4 is 5.91 Å². The maximum absolute atomic E-state index is 11.8. The van der Waals surface area contributed by atoms with Crippen molar-refractivity contribution in [3.8, 4) is 0 Å². The molecule has 1 aliphatic carbocycles. The van der Waals surface area contributed by atoms with E-state index in [-0.39, 0.29) is 5.91 Å². The lowest BCUT2D eigenvalue weighted by atomic mass is 10.0. The Morgan fingerprint density at radius 1 is 1.50 bits per heavy atom. The number of H-pyrrole nitrogens is 1. The fraction of sp³-hybridized carbons (Fsp3) is 0.692. The van der Waals surface area contributed by atoms with E-state index in [4.69, 9.17) is 5.73 Å². The zero-order valence-corrected chi connectivity index (χ0v) is 11.1. The van der Waals surface area contributed by atoms with Gasteiger partial charge in [0.25, 0.3) is 0 Å². The summed E-state index contributed by atoms with van der Waals surface area (Å²) < 4.78 is 0. The van der Waals surface area contributed by atoms with Crippen molar-refractivity contribution in [2.75, 3.05) is 0 Å². The highest BCUT2D eigenvalue weighted by Gasteiger charge is 2.20. The number of aromatic nitrogens is 2. The van der Waals surface area contributed by atoms with E-state index in [1.54, 1.807) is 0 Å². The van der Waals surface area contributed by atoms with Gasteiger partial charge in [-0.05, 0) is 37.2 Å². The predicted octanol–water partition coefficient (Wildman–Crippen LogP) is 0.888. The molecule has 1 aromatic heterocycles. The zero-order chi connectivity index (χ0) is 13.1. The van der Waals surface area contributed by atoms with E-state index in [2.05, 4.69) is 29.4 Å². The Kier molecular flexibility index (Phi) is 4.01. The van der Waals surface area contributed by atoms with Crippen molar-refractivity contribution < 1.29 is 4.79 Å². The van der Waals surface area contributed by atoms with Crippen LogP contribution in [-0.2, 0) is 24.2 Å². The Balaban J connectivity index is 1.86. The number of nitrogens with one attached hydrogen (secondary N) is 2. The van der Waals surface area contributed by atoms with Crippen LogP contribution in [0.2, 0.25) is 0 Å². The van der Waals surface area contributed by atoms with Crippen LogP contribution in [0.3, 0.4) is 0 Å². The number of amides is 1. The maximum atomic E-state index is 11.8. The lowest BCUT2D eigenvalue weighted by Gasteiger charge is -2.13. The summed E-state index contributed by atoms with van der Waals surface area (Å²) in [6.45, 7) is 4.61. The summed E-state index contributed by atoms with van der Waals surface area (Å²) in [5, 5.41) is 10.2. The molecule has 4 N–H and O–H groups in total. The van der Waals surface area contributed by atoms with Crippen molar-refractivity contribution in [1.29, 1.82) is 0 Å². The molecule has 0 fully saturated rings. The third-order valence-corrected chi connectivity index (χ3v) is 3.38. The molecule has 0 spiro atoms. The topological polar surface area (TPSA) is 83.8 Å². The number of fused-ring (bicyclic) bond motifs is 1. The van der Waals surface area contributed by atoms with Gasteiger partial charge >= 0.3 is 0 Å². The normalized spacial score (nSPS) is 15.8. The number of aryl methyl sites for hydroxylation is 1. The molecule has 5 heteroatoms. The van der Waals surface area contributed by atoms with Gasteiger partial charge < -0.3 is 11.1 Å². The average molecular weight is 250 g/mol. The largest absolute Gasteiger partial charge is 0.349 e. The predicted molar refractivity (Wildman–Crippen MR) is 69.9 cm³/mol. The highest BCUT2D eigenvalue weighted by atomic mass is 16.2. The molecule has 1 aromatic rings. The summed E-state index contributed by atoms with van der Waals surface area (Å²) >= 11 is 0. The summed E-state index contributed by atoms with van der Waals surface area (Å²) in [4.78, 5) is 11.8. The van der Waals surface area contributed by atoms with Gasteiger partial charge in [0.05, 0.1) is 18.3 Å². The van der Waals surface area contributed by atoms with E-state index in [1.165, 1.54) is 17.7 Å². The van der Waals surface area contributed by atoms with Crippen LogP contribution in [0.25, 0.3) is 0 Å². The van der Waals surface area contributed by atoms with Gasteiger partial charge in [0, 0.05) is 5.69 Å². The molecular weight excluding hydrogens is 228 g/mol. The summed E-state index contributed by atoms with van der Waals surface area (Å²) in [5.41, 5.74) is 9.31. The Bertz CT molecular complexity index is 425. The van der Waals surface area contributed by atoms with Crippen LogP contribution in [0.5, 0.6) is 0 Å². The monoisotopic (exact) mass is 250 g/mol. The first-order chi connectivity index (χ1) is 8.58. The van der Waals surface area contributed by atoms with Gasteiger partial charge in [-0.3, -0.25) is 9.89 Å². The standard InChI is InChI=1S/C13H22N4O/c1-8(2)6-10(14)13(18)15-7-12-9-4-3-5-11(9)16-17-12/h8,10H,3-7,14H2,1-2H3,(H,15,18)(H,16,17)/t10-/m1/s1. The third-order valence-electron chi connectivity index (χ3n) is 3.38. The number of nitrogens with two attached hydrogens (primary N) is 1. The number of carbonyl (C=O) groups excluding carboxylic acids is 1. The number of rotatable bonds is 5. The molecule has 2 rings (SSSR count). The first kappa shape index (κ1) is 13.1. The lowest BCUT2D eigenvalue weighted by molar-refractivity contribution is -0.122. The minimum Gasteiger partial charge on any atom is -0.349 e. The molecule has 0 bridgehead atoms. The molecule has 0 saturated carbocycles. The van der Waals surface area contributed by atoms with E-state index in [9.17, 15) is 4.79 Å². The van der Waals surface area contributed by atoms with E-state index >= 15 is 0 Å². The second-order valence-corrected chi connectivity index (χ2v) is 5.43. The van der Waals surface area contributed by atoms with Crippen molar-refractivity contribution in [2.24, 2.45) is 11.7 Å². The average Bonchev–Trinajstić information content (AvgIpc) is 2.87. The fourth-order valence-electron chi connectivity index (χ4n) is 2.45. The Hall–Kier alpha value is -1.36. The van der Waals surface area contributed by atoms with Crippen molar-refractivity contribution in [1.82, 2.24) is 15.5 Å². The molecule has 0 unspecified atom stereocenters. The van der Waals surface area contributed by atoms with E-state index < -0.39 is 6.04 Å². The molecule has 1 aliphatic rings. The molecule has 0 saturated heterocycles. The molecule has 0 aliphatic heterocycles. The number of hydrogen-bond donors (Lipinski definition) is 3. The van der Waals surface area contributed by atoms with Gasteiger partial charge in [0.1, 0.15) is 0 Å². The number of hydrogen-bond acceptors (Lipinski definition) is 3. The van der Waals surface area contributed by atoms with E-state index in [0.717, 1.165) is 18.5 Å². The first-order valence-corrected chi connectivity index (χ1v) is 6.66. The Labute approximate surface area is 108 Å². The fourth-order valence-corrected chi connectivity index (χ4v) is 2.45. The van der Waals surface area contributed by atoms with Crippen LogP contribution in [0.1, 0.15) is 43.6 Å². The summed E-state index contributed by atoms with van der Waals surface area (Å²) in [5.74, 6) is 0.346. The molecule has 1 amide bonds. The Morgan fingerprint density at radius 3 is 3.00 bits per heavy atom. The van der Waals surface area contributed by atoms with Gasteiger partial charge in [-0.25, -0.2) is 0 Å².